The first-order valence-electron chi connectivity index (χ1n) is 5.54. The lowest BCUT2D eigenvalue weighted by Crippen LogP contribution is -2.02. The first-order valence-corrected chi connectivity index (χ1v) is 5.92. The minimum atomic E-state index is 0.640. The maximum atomic E-state index is 6.11. The van der Waals surface area contributed by atoms with Crippen molar-refractivity contribution in [1.82, 2.24) is 9.97 Å². The summed E-state index contributed by atoms with van der Waals surface area (Å²) in [5, 5.41) is 3.84. The number of aromatic nitrogens is 2. The van der Waals surface area contributed by atoms with E-state index in [9.17, 15) is 0 Å². The molecule has 4 heteroatoms. The van der Waals surface area contributed by atoms with E-state index < -0.39 is 0 Å². The molecule has 0 spiro atoms. The lowest BCUT2D eigenvalue weighted by molar-refractivity contribution is 1.09. The SMILES string of the molecule is CCNc1nccc(-c2ccc(C)c(Cl)c2)n1. The van der Waals surface area contributed by atoms with Crippen molar-refractivity contribution in [1.29, 1.82) is 0 Å². The molecular formula is C13H14ClN3. The summed E-state index contributed by atoms with van der Waals surface area (Å²) < 4.78 is 0. The molecule has 88 valence electrons. The van der Waals surface area contributed by atoms with E-state index in [1.807, 2.05) is 38.1 Å². The Labute approximate surface area is 106 Å². The molecule has 0 bridgehead atoms. The topological polar surface area (TPSA) is 37.8 Å². The zero-order valence-corrected chi connectivity index (χ0v) is 10.6. The highest BCUT2D eigenvalue weighted by Crippen LogP contribution is 2.24. The third-order valence-electron chi connectivity index (χ3n) is 2.46. The van der Waals surface area contributed by atoms with Crippen LogP contribution in [0.15, 0.2) is 30.5 Å². The quantitative estimate of drug-likeness (QED) is 0.902. The van der Waals surface area contributed by atoms with E-state index in [2.05, 4.69) is 15.3 Å². The molecule has 0 saturated carbocycles. The summed E-state index contributed by atoms with van der Waals surface area (Å²) in [7, 11) is 0. The first-order chi connectivity index (χ1) is 8.20. The van der Waals surface area contributed by atoms with Crippen LogP contribution in [-0.2, 0) is 0 Å². The summed E-state index contributed by atoms with van der Waals surface area (Å²) in [4.78, 5) is 8.56. The van der Waals surface area contributed by atoms with Gasteiger partial charge in [-0.2, -0.15) is 0 Å². The number of nitrogens with zero attached hydrogens (tertiary/aromatic N) is 2. The van der Waals surface area contributed by atoms with E-state index in [1.165, 1.54) is 0 Å². The highest BCUT2D eigenvalue weighted by Gasteiger charge is 2.03. The van der Waals surface area contributed by atoms with Crippen LogP contribution < -0.4 is 5.32 Å². The second-order valence-electron chi connectivity index (χ2n) is 3.76. The number of hydrogen-bond acceptors (Lipinski definition) is 3. The van der Waals surface area contributed by atoms with Crippen LogP contribution in [0.3, 0.4) is 0 Å². The summed E-state index contributed by atoms with van der Waals surface area (Å²) in [6.45, 7) is 4.80. The van der Waals surface area contributed by atoms with Crippen molar-refractivity contribution in [3.05, 3.63) is 41.0 Å². The maximum absolute atomic E-state index is 6.11. The van der Waals surface area contributed by atoms with Gasteiger partial charge >= 0.3 is 0 Å². The molecule has 17 heavy (non-hydrogen) atoms. The molecule has 0 unspecified atom stereocenters. The predicted molar refractivity (Wildman–Crippen MR) is 71.4 cm³/mol. The van der Waals surface area contributed by atoms with Gasteiger partial charge in [-0.15, -0.1) is 0 Å². The maximum Gasteiger partial charge on any atom is 0.223 e. The lowest BCUT2D eigenvalue weighted by Gasteiger charge is -2.06. The fourth-order valence-corrected chi connectivity index (χ4v) is 1.70. The number of benzene rings is 1. The highest BCUT2D eigenvalue weighted by molar-refractivity contribution is 6.31. The van der Waals surface area contributed by atoms with Crippen molar-refractivity contribution >= 4 is 17.5 Å². The average Bonchev–Trinajstić information content (AvgIpc) is 2.33. The molecule has 1 heterocycles. The van der Waals surface area contributed by atoms with E-state index in [0.717, 1.165) is 28.4 Å². The number of rotatable bonds is 3. The Balaban J connectivity index is 2.38. The third kappa shape index (κ3) is 2.74. The fraction of sp³-hybridized carbons (Fsp3) is 0.231. The van der Waals surface area contributed by atoms with Gasteiger partial charge in [0.2, 0.25) is 5.95 Å². The summed E-state index contributed by atoms with van der Waals surface area (Å²) >= 11 is 6.11. The molecule has 0 aliphatic carbocycles. The van der Waals surface area contributed by atoms with Crippen molar-refractivity contribution in [2.24, 2.45) is 0 Å². The van der Waals surface area contributed by atoms with E-state index in [0.29, 0.717) is 5.95 Å². The van der Waals surface area contributed by atoms with Crippen molar-refractivity contribution in [3.63, 3.8) is 0 Å². The van der Waals surface area contributed by atoms with Crippen LogP contribution in [0.4, 0.5) is 5.95 Å². The molecule has 2 aromatic rings. The molecule has 0 amide bonds. The minimum Gasteiger partial charge on any atom is -0.354 e. The summed E-state index contributed by atoms with van der Waals surface area (Å²) in [6.07, 6.45) is 1.74. The predicted octanol–water partition coefficient (Wildman–Crippen LogP) is 3.54. The zero-order chi connectivity index (χ0) is 12.3. The van der Waals surface area contributed by atoms with Crippen LogP contribution in [0, 0.1) is 6.92 Å². The Bertz CT molecular complexity index is 526. The first kappa shape index (κ1) is 11.9. The van der Waals surface area contributed by atoms with Crippen molar-refractivity contribution < 1.29 is 0 Å². The Morgan fingerprint density at radius 3 is 2.82 bits per heavy atom. The van der Waals surface area contributed by atoms with Gasteiger partial charge in [0.1, 0.15) is 0 Å². The Kier molecular flexibility index (Phi) is 3.59. The van der Waals surface area contributed by atoms with Gasteiger partial charge in [0.25, 0.3) is 0 Å². The van der Waals surface area contributed by atoms with Gasteiger partial charge in [-0.25, -0.2) is 9.97 Å². The van der Waals surface area contributed by atoms with Crippen LogP contribution in [0.1, 0.15) is 12.5 Å². The van der Waals surface area contributed by atoms with Gasteiger partial charge in [-0.1, -0.05) is 23.7 Å². The second kappa shape index (κ2) is 5.15. The molecule has 3 nitrogen and oxygen atoms in total. The number of anilines is 1. The zero-order valence-electron chi connectivity index (χ0n) is 9.87. The van der Waals surface area contributed by atoms with Crippen molar-refractivity contribution in [2.45, 2.75) is 13.8 Å². The van der Waals surface area contributed by atoms with Crippen molar-refractivity contribution in [2.75, 3.05) is 11.9 Å². The number of nitrogens with one attached hydrogen (secondary N) is 1. The Hall–Kier alpha value is -1.61. The van der Waals surface area contributed by atoms with Crippen molar-refractivity contribution in [3.8, 4) is 11.3 Å². The van der Waals surface area contributed by atoms with Gasteiger partial charge in [0.15, 0.2) is 0 Å². The lowest BCUT2D eigenvalue weighted by atomic mass is 10.1. The highest BCUT2D eigenvalue weighted by atomic mass is 35.5. The molecule has 0 aliphatic heterocycles. The molecule has 0 fully saturated rings. The molecule has 1 aromatic heterocycles. The van der Waals surface area contributed by atoms with Crippen LogP contribution in [0.2, 0.25) is 5.02 Å². The largest absolute Gasteiger partial charge is 0.354 e. The Morgan fingerprint density at radius 2 is 2.12 bits per heavy atom. The monoisotopic (exact) mass is 247 g/mol. The minimum absolute atomic E-state index is 0.640. The molecule has 0 aliphatic rings. The van der Waals surface area contributed by atoms with E-state index in [1.54, 1.807) is 6.20 Å². The summed E-state index contributed by atoms with van der Waals surface area (Å²) in [5.41, 5.74) is 2.94. The molecular weight excluding hydrogens is 234 g/mol. The molecule has 2 rings (SSSR count). The molecule has 1 aromatic carbocycles. The fourth-order valence-electron chi connectivity index (χ4n) is 1.51. The van der Waals surface area contributed by atoms with Gasteiger partial charge < -0.3 is 5.32 Å². The second-order valence-corrected chi connectivity index (χ2v) is 4.17. The van der Waals surface area contributed by atoms with E-state index >= 15 is 0 Å². The average molecular weight is 248 g/mol. The van der Waals surface area contributed by atoms with Crippen LogP contribution in [0.25, 0.3) is 11.3 Å². The number of aryl methyl sites for hydroxylation is 1. The van der Waals surface area contributed by atoms with Gasteiger partial charge in [0, 0.05) is 23.3 Å². The third-order valence-corrected chi connectivity index (χ3v) is 2.87. The number of halogens is 1. The van der Waals surface area contributed by atoms with Crippen LogP contribution in [0.5, 0.6) is 0 Å². The van der Waals surface area contributed by atoms with E-state index in [4.69, 9.17) is 11.6 Å². The van der Waals surface area contributed by atoms with Gasteiger partial charge in [0.05, 0.1) is 5.69 Å². The number of hydrogen-bond donors (Lipinski definition) is 1. The van der Waals surface area contributed by atoms with Crippen LogP contribution >= 0.6 is 11.6 Å². The van der Waals surface area contributed by atoms with Gasteiger partial charge in [-0.05, 0) is 31.5 Å². The van der Waals surface area contributed by atoms with Crippen LogP contribution in [-0.4, -0.2) is 16.5 Å². The summed E-state index contributed by atoms with van der Waals surface area (Å²) in [6, 6.07) is 7.81. The molecule has 1 N–H and O–H groups in total. The standard InChI is InChI=1S/C13H14ClN3/c1-3-15-13-16-7-6-12(17-13)10-5-4-9(2)11(14)8-10/h4-8H,3H2,1-2H3,(H,15,16,17). The smallest absolute Gasteiger partial charge is 0.223 e. The molecule has 0 saturated heterocycles. The molecule has 0 radical (unpaired) electrons. The Morgan fingerprint density at radius 1 is 1.29 bits per heavy atom. The molecule has 0 atom stereocenters. The normalized spacial score (nSPS) is 10.3. The summed E-state index contributed by atoms with van der Waals surface area (Å²) in [5.74, 6) is 0.640. The van der Waals surface area contributed by atoms with Gasteiger partial charge in [-0.3, -0.25) is 0 Å². The van der Waals surface area contributed by atoms with E-state index in [-0.39, 0.29) is 0 Å².